The number of nitrogens with one attached hydrogen (secondary N) is 1. The first-order valence-corrected chi connectivity index (χ1v) is 7.88. The Morgan fingerprint density at radius 3 is 2.77 bits per heavy atom. The Hall–Kier alpha value is -1.63. The molecule has 0 radical (unpaired) electrons. The Bertz CT molecular complexity index is 448. The van der Waals surface area contributed by atoms with Crippen LogP contribution in [-0.4, -0.2) is 52.9 Å². The van der Waals surface area contributed by atoms with Crippen molar-refractivity contribution in [3.05, 3.63) is 12.2 Å². The minimum atomic E-state index is -0.426. The van der Waals surface area contributed by atoms with Crippen molar-refractivity contribution in [2.45, 2.75) is 45.6 Å². The van der Waals surface area contributed by atoms with Crippen LogP contribution in [-0.2, 0) is 11.2 Å². The van der Waals surface area contributed by atoms with Crippen molar-refractivity contribution in [3.63, 3.8) is 0 Å². The van der Waals surface area contributed by atoms with Crippen LogP contribution in [0.2, 0.25) is 0 Å². The lowest BCUT2D eigenvalue weighted by Crippen LogP contribution is -2.43. The maximum atomic E-state index is 12.0. The molecule has 1 aliphatic heterocycles. The van der Waals surface area contributed by atoms with E-state index in [0.29, 0.717) is 5.92 Å². The van der Waals surface area contributed by atoms with Crippen LogP contribution in [0.5, 0.6) is 0 Å². The summed E-state index contributed by atoms with van der Waals surface area (Å²) in [4.78, 5) is 17.8. The predicted molar refractivity (Wildman–Crippen MR) is 81.4 cm³/mol. The van der Waals surface area contributed by atoms with Crippen LogP contribution in [0.4, 0.5) is 4.79 Å². The van der Waals surface area contributed by atoms with Gasteiger partial charge in [0.25, 0.3) is 0 Å². The van der Waals surface area contributed by atoms with Crippen LogP contribution in [0.1, 0.15) is 39.4 Å². The summed E-state index contributed by atoms with van der Waals surface area (Å²) in [6.07, 6.45) is 3.94. The normalized spacial score (nSPS) is 16.8. The van der Waals surface area contributed by atoms with E-state index in [-0.39, 0.29) is 6.09 Å². The molecule has 2 rings (SSSR count). The van der Waals surface area contributed by atoms with Crippen LogP contribution < -0.4 is 5.32 Å². The number of carbonyl (C=O) groups excluding carboxylic acids is 1. The molecule has 0 aromatic carbocycles. The fourth-order valence-electron chi connectivity index (χ4n) is 2.46. The van der Waals surface area contributed by atoms with Crippen molar-refractivity contribution in [1.82, 2.24) is 20.4 Å². The molecule has 1 saturated heterocycles. The quantitative estimate of drug-likeness (QED) is 0.836. The van der Waals surface area contributed by atoms with Crippen LogP contribution in [0.25, 0.3) is 0 Å². The number of hydrogen-bond acceptors (Lipinski definition) is 6. The topological polar surface area (TPSA) is 80.5 Å². The van der Waals surface area contributed by atoms with Gasteiger partial charge in [0.1, 0.15) is 5.60 Å². The lowest BCUT2D eigenvalue weighted by molar-refractivity contribution is 0.0184. The monoisotopic (exact) mass is 310 g/mol. The first-order chi connectivity index (χ1) is 10.4. The Balaban J connectivity index is 1.59. The molecule has 0 unspecified atom stereocenters. The maximum absolute atomic E-state index is 12.0. The molecule has 1 amide bonds. The first kappa shape index (κ1) is 16.7. The van der Waals surface area contributed by atoms with Gasteiger partial charge in [-0.15, -0.1) is 0 Å². The second kappa shape index (κ2) is 7.58. The van der Waals surface area contributed by atoms with E-state index >= 15 is 0 Å². The third-order valence-electron chi connectivity index (χ3n) is 3.63. The van der Waals surface area contributed by atoms with Crippen LogP contribution in [0.3, 0.4) is 0 Å². The van der Waals surface area contributed by atoms with Gasteiger partial charge in [-0.3, -0.25) is 0 Å². The average Bonchev–Trinajstić information content (AvgIpc) is 2.95. The Morgan fingerprint density at radius 2 is 2.18 bits per heavy atom. The summed E-state index contributed by atoms with van der Waals surface area (Å²) in [5.74, 6) is 1.33. The summed E-state index contributed by atoms with van der Waals surface area (Å²) < 4.78 is 10.1. The number of amides is 1. The molecule has 2 heterocycles. The zero-order chi connectivity index (χ0) is 16.0. The van der Waals surface area contributed by atoms with Gasteiger partial charge in [-0.05, 0) is 46.1 Å². The average molecular weight is 310 g/mol. The standard InChI is InChI=1S/C15H26N4O3/c1-15(2,3)22-14(20)19-8-5-12(6-9-19)10-16-7-4-13-17-11-21-18-13/h11-12,16H,4-10H2,1-3H3. The van der Waals surface area contributed by atoms with Crippen molar-refractivity contribution in [2.75, 3.05) is 26.2 Å². The SMILES string of the molecule is CC(C)(C)OC(=O)N1CCC(CNCCc2ncon2)CC1. The fraction of sp³-hybridized carbons (Fsp3) is 0.800. The smallest absolute Gasteiger partial charge is 0.410 e. The van der Waals surface area contributed by atoms with Crippen molar-refractivity contribution >= 4 is 6.09 Å². The summed E-state index contributed by atoms with van der Waals surface area (Å²) in [6.45, 7) is 9.02. The van der Waals surface area contributed by atoms with E-state index < -0.39 is 5.60 Å². The fourth-order valence-corrected chi connectivity index (χ4v) is 2.46. The number of carbonyl (C=O) groups is 1. The van der Waals surface area contributed by atoms with E-state index in [0.717, 1.165) is 51.3 Å². The summed E-state index contributed by atoms with van der Waals surface area (Å²) in [7, 11) is 0. The number of likely N-dealkylation sites (tertiary alicyclic amines) is 1. The molecule has 1 fully saturated rings. The highest BCUT2D eigenvalue weighted by molar-refractivity contribution is 5.68. The lowest BCUT2D eigenvalue weighted by atomic mass is 9.97. The molecule has 0 aliphatic carbocycles. The molecule has 7 nitrogen and oxygen atoms in total. The molecule has 7 heteroatoms. The van der Waals surface area contributed by atoms with E-state index in [1.54, 1.807) is 4.90 Å². The van der Waals surface area contributed by atoms with Gasteiger partial charge >= 0.3 is 6.09 Å². The number of piperidine rings is 1. The van der Waals surface area contributed by atoms with E-state index in [1.807, 2.05) is 20.8 Å². The van der Waals surface area contributed by atoms with Crippen LogP contribution in [0.15, 0.2) is 10.9 Å². The van der Waals surface area contributed by atoms with Gasteiger partial charge in [-0.1, -0.05) is 5.16 Å². The second-order valence-corrected chi connectivity index (χ2v) is 6.71. The van der Waals surface area contributed by atoms with Gasteiger partial charge < -0.3 is 19.5 Å². The highest BCUT2D eigenvalue weighted by Crippen LogP contribution is 2.19. The van der Waals surface area contributed by atoms with Gasteiger partial charge in [0.05, 0.1) is 0 Å². The molecular weight excluding hydrogens is 284 g/mol. The molecule has 0 spiro atoms. The number of ether oxygens (including phenoxy) is 1. The Labute approximate surface area is 131 Å². The number of rotatable bonds is 5. The van der Waals surface area contributed by atoms with Crippen LogP contribution in [0, 0.1) is 5.92 Å². The van der Waals surface area contributed by atoms with E-state index in [9.17, 15) is 4.79 Å². The number of aromatic nitrogens is 2. The maximum Gasteiger partial charge on any atom is 0.410 e. The zero-order valence-corrected chi connectivity index (χ0v) is 13.7. The minimum Gasteiger partial charge on any atom is -0.444 e. The highest BCUT2D eigenvalue weighted by atomic mass is 16.6. The summed E-state index contributed by atoms with van der Waals surface area (Å²) in [6, 6.07) is 0. The molecule has 0 saturated carbocycles. The van der Waals surface area contributed by atoms with Crippen molar-refractivity contribution in [1.29, 1.82) is 0 Å². The van der Waals surface area contributed by atoms with Crippen LogP contribution >= 0.6 is 0 Å². The zero-order valence-electron chi connectivity index (χ0n) is 13.7. The molecule has 0 bridgehead atoms. The van der Waals surface area contributed by atoms with Gasteiger partial charge in [0, 0.05) is 26.1 Å². The molecule has 0 atom stereocenters. The van der Waals surface area contributed by atoms with E-state index in [2.05, 4.69) is 15.5 Å². The highest BCUT2D eigenvalue weighted by Gasteiger charge is 2.26. The molecule has 1 aromatic heterocycles. The summed E-state index contributed by atoms with van der Waals surface area (Å²) >= 11 is 0. The second-order valence-electron chi connectivity index (χ2n) is 6.71. The molecule has 22 heavy (non-hydrogen) atoms. The van der Waals surface area contributed by atoms with Gasteiger partial charge in [-0.2, -0.15) is 4.98 Å². The molecule has 124 valence electrons. The molecule has 1 aromatic rings. The lowest BCUT2D eigenvalue weighted by Gasteiger charge is -2.33. The van der Waals surface area contributed by atoms with Crippen molar-refractivity contribution in [2.24, 2.45) is 5.92 Å². The Morgan fingerprint density at radius 1 is 1.45 bits per heavy atom. The van der Waals surface area contributed by atoms with E-state index in [1.165, 1.54) is 6.39 Å². The minimum absolute atomic E-state index is 0.198. The largest absolute Gasteiger partial charge is 0.444 e. The summed E-state index contributed by atoms with van der Waals surface area (Å²) in [5.41, 5.74) is -0.426. The number of hydrogen-bond donors (Lipinski definition) is 1. The predicted octanol–water partition coefficient (Wildman–Crippen LogP) is 1.85. The van der Waals surface area contributed by atoms with Crippen molar-refractivity contribution < 1.29 is 14.1 Å². The molecule has 1 aliphatic rings. The van der Waals surface area contributed by atoms with E-state index in [4.69, 9.17) is 9.26 Å². The van der Waals surface area contributed by atoms with Crippen molar-refractivity contribution in [3.8, 4) is 0 Å². The first-order valence-electron chi connectivity index (χ1n) is 7.88. The van der Waals surface area contributed by atoms with Gasteiger partial charge in [0.2, 0.25) is 6.39 Å². The third-order valence-corrected chi connectivity index (χ3v) is 3.63. The van der Waals surface area contributed by atoms with Gasteiger partial charge in [0.15, 0.2) is 5.82 Å². The third kappa shape index (κ3) is 5.63. The molecular formula is C15H26N4O3. The Kier molecular flexibility index (Phi) is 5.76. The number of nitrogens with zero attached hydrogens (tertiary/aromatic N) is 3. The van der Waals surface area contributed by atoms with Gasteiger partial charge in [-0.25, -0.2) is 4.79 Å². The molecule has 1 N–H and O–H groups in total. The summed E-state index contributed by atoms with van der Waals surface area (Å²) in [5, 5.41) is 7.19.